The molecule has 4 heteroatoms. The van der Waals surface area contributed by atoms with Gasteiger partial charge in [-0.25, -0.2) is 0 Å². The fourth-order valence-electron chi connectivity index (χ4n) is 1.65. The monoisotopic (exact) mass is 223 g/mol. The Bertz CT molecular complexity index is 361. The van der Waals surface area contributed by atoms with Crippen LogP contribution in [0.15, 0.2) is 24.3 Å². The summed E-state index contributed by atoms with van der Waals surface area (Å²) >= 11 is 0. The van der Waals surface area contributed by atoms with Gasteiger partial charge in [-0.05, 0) is 12.5 Å². The summed E-state index contributed by atoms with van der Waals surface area (Å²) in [4.78, 5) is 11.4. The topological polar surface area (TPSA) is 72.5 Å². The van der Waals surface area contributed by atoms with Gasteiger partial charge in [-0.2, -0.15) is 0 Å². The van der Waals surface area contributed by atoms with E-state index in [1.165, 1.54) is 7.11 Å². The molecule has 0 spiro atoms. The van der Waals surface area contributed by atoms with Crippen LogP contribution in [0.5, 0.6) is 0 Å². The highest BCUT2D eigenvalue weighted by molar-refractivity contribution is 5.82. The van der Waals surface area contributed by atoms with Crippen LogP contribution >= 0.6 is 0 Å². The van der Waals surface area contributed by atoms with Crippen LogP contribution in [0.3, 0.4) is 0 Å². The molecule has 1 atom stereocenters. The number of methoxy groups -OCH3 is 1. The Balaban J connectivity index is 3.18. The summed E-state index contributed by atoms with van der Waals surface area (Å²) in [6, 6.07) is 7.32. The second-order valence-corrected chi connectivity index (χ2v) is 3.89. The van der Waals surface area contributed by atoms with Gasteiger partial charge in [-0.1, -0.05) is 29.8 Å². The van der Waals surface area contributed by atoms with Crippen LogP contribution in [0.2, 0.25) is 0 Å². The Kier molecular flexibility index (Phi) is 4.04. The molecule has 1 unspecified atom stereocenters. The van der Waals surface area contributed by atoms with Crippen molar-refractivity contribution < 1.29 is 14.6 Å². The molecule has 4 nitrogen and oxygen atoms in total. The predicted molar refractivity (Wildman–Crippen MR) is 61.4 cm³/mol. The van der Waals surface area contributed by atoms with Gasteiger partial charge in [0.1, 0.15) is 5.41 Å². The lowest BCUT2D eigenvalue weighted by Gasteiger charge is -2.27. The summed E-state index contributed by atoms with van der Waals surface area (Å²) in [6.07, 6.45) is 0. The summed E-state index contributed by atoms with van der Waals surface area (Å²) in [6.45, 7) is 2.03. The molecule has 0 amide bonds. The molecule has 0 heterocycles. The quantitative estimate of drug-likeness (QED) is 0.778. The lowest BCUT2D eigenvalue weighted by molar-refractivity contribution is -0.145. The average Bonchev–Trinajstić information content (AvgIpc) is 2.27. The van der Waals surface area contributed by atoms with Crippen LogP contribution in [0.1, 0.15) is 11.1 Å². The zero-order valence-corrected chi connectivity index (χ0v) is 9.56. The standard InChI is InChI=1S/C12H17NO3/c1-9-3-5-10(6-4-9)12(7-13,8-16-2)11(14)15/h3-6H,7-8,13H2,1-2H3,(H,14,15). The van der Waals surface area contributed by atoms with Crippen molar-refractivity contribution in [1.29, 1.82) is 0 Å². The minimum Gasteiger partial charge on any atom is -0.480 e. The van der Waals surface area contributed by atoms with Crippen molar-refractivity contribution in [3.8, 4) is 0 Å². The first kappa shape index (κ1) is 12.7. The molecule has 0 radical (unpaired) electrons. The van der Waals surface area contributed by atoms with Gasteiger partial charge in [0.25, 0.3) is 0 Å². The fourth-order valence-corrected chi connectivity index (χ4v) is 1.65. The van der Waals surface area contributed by atoms with Crippen molar-refractivity contribution in [1.82, 2.24) is 0 Å². The maximum atomic E-state index is 11.4. The molecule has 0 aliphatic rings. The Morgan fingerprint density at radius 2 is 2.00 bits per heavy atom. The molecule has 0 aliphatic carbocycles. The molecule has 0 aromatic heterocycles. The van der Waals surface area contributed by atoms with Gasteiger partial charge in [0.15, 0.2) is 0 Å². The smallest absolute Gasteiger partial charge is 0.317 e. The molecule has 0 fully saturated rings. The van der Waals surface area contributed by atoms with Crippen LogP contribution in [-0.2, 0) is 14.9 Å². The third-order valence-electron chi connectivity index (χ3n) is 2.75. The number of aliphatic carboxylic acids is 1. The Morgan fingerprint density at radius 3 is 2.38 bits per heavy atom. The normalized spacial score (nSPS) is 14.4. The second-order valence-electron chi connectivity index (χ2n) is 3.89. The van der Waals surface area contributed by atoms with E-state index < -0.39 is 11.4 Å². The van der Waals surface area contributed by atoms with Gasteiger partial charge in [-0.15, -0.1) is 0 Å². The summed E-state index contributed by atoms with van der Waals surface area (Å²) in [5.74, 6) is -0.958. The van der Waals surface area contributed by atoms with E-state index in [9.17, 15) is 9.90 Å². The van der Waals surface area contributed by atoms with Gasteiger partial charge in [-0.3, -0.25) is 4.79 Å². The maximum absolute atomic E-state index is 11.4. The van der Waals surface area contributed by atoms with Gasteiger partial charge in [0, 0.05) is 13.7 Å². The highest BCUT2D eigenvalue weighted by atomic mass is 16.5. The van der Waals surface area contributed by atoms with Crippen molar-refractivity contribution in [2.75, 3.05) is 20.3 Å². The van der Waals surface area contributed by atoms with E-state index in [2.05, 4.69) is 0 Å². The maximum Gasteiger partial charge on any atom is 0.317 e. The third-order valence-corrected chi connectivity index (χ3v) is 2.75. The van der Waals surface area contributed by atoms with Crippen LogP contribution in [-0.4, -0.2) is 31.3 Å². The van der Waals surface area contributed by atoms with E-state index in [4.69, 9.17) is 10.5 Å². The van der Waals surface area contributed by atoms with Crippen LogP contribution in [0.4, 0.5) is 0 Å². The largest absolute Gasteiger partial charge is 0.480 e. The van der Waals surface area contributed by atoms with Crippen molar-refractivity contribution in [3.05, 3.63) is 35.4 Å². The van der Waals surface area contributed by atoms with Crippen LogP contribution in [0, 0.1) is 6.92 Å². The summed E-state index contributed by atoms with van der Waals surface area (Å²) in [7, 11) is 1.47. The predicted octanol–water partition coefficient (Wildman–Crippen LogP) is 0.923. The molecule has 0 aliphatic heterocycles. The number of carboxylic acid groups (broad SMARTS) is 1. The van der Waals surface area contributed by atoms with Crippen LogP contribution in [0.25, 0.3) is 0 Å². The average molecular weight is 223 g/mol. The number of carboxylic acids is 1. The van der Waals surface area contributed by atoms with E-state index in [-0.39, 0.29) is 13.2 Å². The molecule has 88 valence electrons. The summed E-state index contributed by atoms with van der Waals surface area (Å²) < 4.78 is 4.98. The number of ether oxygens (including phenoxy) is 1. The highest BCUT2D eigenvalue weighted by Gasteiger charge is 2.39. The van der Waals surface area contributed by atoms with Gasteiger partial charge in [0.2, 0.25) is 0 Å². The van der Waals surface area contributed by atoms with Gasteiger partial charge < -0.3 is 15.6 Å². The summed E-state index contributed by atoms with van der Waals surface area (Å²) in [5, 5.41) is 9.32. The molecular weight excluding hydrogens is 206 g/mol. The van der Waals surface area contributed by atoms with E-state index in [0.717, 1.165) is 5.56 Å². The molecule has 0 saturated heterocycles. The zero-order valence-electron chi connectivity index (χ0n) is 9.56. The minimum absolute atomic E-state index is 0.0131. The zero-order chi connectivity index (χ0) is 12.2. The number of nitrogens with two attached hydrogens (primary N) is 1. The Hall–Kier alpha value is -1.39. The second kappa shape index (κ2) is 5.09. The highest BCUT2D eigenvalue weighted by Crippen LogP contribution is 2.24. The van der Waals surface area contributed by atoms with E-state index >= 15 is 0 Å². The van der Waals surface area contributed by atoms with Gasteiger partial charge in [0.05, 0.1) is 6.61 Å². The Morgan fingerprint density at radius 1 is 1.44 bits per heavy atom. The first-order valence-corrected chi connectivity index (χ1v) is 5.06. The number of benzene rings is 1. The Labute approximate surface area is 95.0 Å². The molecule has 1 aromatic rings. The fraction of sp³-hybridized carbons (Fsp3) is 0.417. The number of aryl methyl sites for hydroxylation is 1. The van der Waals surface area contributed by atoms with Crippen molar-refractivity contribution in [3.63, 3.8) is 0 Å². The number of hydrogen-bond acceptors (Lipinski definition) is 3. The third kappa shape index (κ3) is 2.23. The van der Waals surface area contributed by atoms with Crippen molar-refractivity contribution in [2.45, 2.75) is 12.3 Å². The molecule has 1 rings (SSSR count). The van der Waals surface area contributed by atoms with E-state index in [1.54, 1.807) is 12.1 Å². The first-order chi connectivity index (χ1) is 7.56. The van der Waals surface area contributed by atoms with Crippen molar-refractivity contribution >= 4 is 5.97 Å². The van der Waals surface area contributed by atoms with Crippen molar-refractivity contribution in [2.24, 2.45) is 5.73 Å². The number of carbonyl (C=O) groups is 1. The van der Waals surface area contributed by atoms with Crippen LogP contribution < -0.4 is 5.73 Å². The lowest BCUT2D eigenvalue weighted by atomic mass is 9.81. The molecule has 1 aromatic carbocycles. The van der Waals surface area contributed by atoms with Gasteiger partial charge >= 0.3 is 5.97 Å². The number of rotatable bonds is 5. The summed E-state index contributed by atoms with van der Waals surface area (Å²) in [5.41, 5.74) is 6.21. The molecule has 0 bridgehead atoms. The van der Waals surface area contributed by atoms with E-state index in [0.29, 0.717) is 5.56 Å². The minimum atomic E-state index is -1.15. The molecule has 0 saturated carbocycles. The number of hydrogen-bond donors (Lipinski definition) is 2. The lowest BCUT2D eigenvalue weighted by Crippen LogP contribution is -2.46. The SMILES string of the molecule is COCC(CN)(C(=O)O)c1ccc(C)cc1. The van der Waals surface area contributed by atoms with E-state index in [1.807, 2.05) is 19.1 Å². The first-order valence-electron chi connectivity index (χ1n) is 5.06. The molecule has 3 N–H and O–H groups in total. The molecular formula is C12H17NO3. The molecule has 16 heavy (non-hydrogen) atoms.